The molecule has 0 saturated carbocycles. The van der Waals surface area contributed by atoms with E-state index in [2.05, 4.69) is 15.5 Å². The van der Waals surface area contributed by atoms with Gasteiger partial charge in [-0.1, -0.05) is 23.2 Å². The number of nitrogens with zero attached hydrogens (tertiary/aromatic N) is 3. The standard InChI is InChI=1S/C13H12Cl2N4O2/c1-19-8-16-5-10(19)6-17-18-13(20)7-21-12-3-2-9(14)4-11(12)15/h2-6,8H,7H2,1H3,(H,18,20). The van der Waals surface area contributed by atoms with Gasteiger partial charge in [-0.3, -0.25) is 4.79 Å². The van der Waals surface area contributed by atoms with Crippen LogP contribution in [0.5, 0.6) is 5.75 Å². The molecule has 0 unspecified atom stereocenters. The first-order chi connectivity index (χ1) is 10.1. The van der Waals surface area contributed by atoms with Crippen LogP contribution in [0.15, 0.2) is 35.8 Å². The van der Waals surface area contributed by atoms with Gasteiger partial charge in [-0.15, -0.1) is 0 Å². The van der Waals surface area contributed by atoms with E-state index in [-0.39, 0.29) is 6.61 Å². The highest BCUT2D eigenvalue weighted by Gasteiger charge is 2.05. The van der Waals surface area contributed by atoms with Crippen LogP contribution < -0.4 is 10.2 Å². The lowest BCUT2D eigenvalue weighted by atomic mass is 10.3. The molecule has 21 heavy (non-hydrogen) atoms. The van der Waals surface area contributed by atoms with Gasteiger partial charge in [0.25, 0.3) is 5.91 Å². The van der Waals surface area contributed by atoms with Crippen LogP contribution in [0.25, 0.3) is 0 Å². The molecule has 0 atom stereocenters. The van der Waals surface area contributed by atoms with Crippen molar-refractivity contribution in [3.63, 3.8) is 0 Å². The van der Waals surface area contributed by atoms with Gasteiger partial charge in [-0.05, 0) is 18.2 Å². The van der Waals surface area contributed by atoms with E-state index in [4.69, 9.17) is 27.9 Å². The second-order valence-corrected chi connectivity index (χ2v) is 4.93. The molecule has 2 aromatic rings. The molecule has 0 aliphatic rings. The quantitative estimate of drug-likeness (QED) is 0.676. The zero-order valence-corrected chi connectivity index (χ0v) is 12.6. The van der Waals surface area contributed by atoms with Gasteiger partial charge in [0.2, 0.25) is 0 Å². The fourth-order valence-corrected chi connectivity index (χ4v) is 1.89. The van der Waals surface area contributed by atoms with Crippen molar-refractivity contribution in [1.29, 1.82) is 0 Å². The highest BCUT2D eigenvalue weighted by Crippen LogP contribution is 2.27. The minimum atomic E-state index is -0.403. The van der Waals surface area contributed by atoms with Crippen LogP contribution in [-0.2, 0) is 11.8 Å². The van der Waals surface area contributed by atoms with E-state index in [9.17, 15) is 4.79 Å². The first kappa shape index (κ1) is 15.3. The van der Waals surface area contributed by atoms with Crippen LogP contribution in [0, 0.1) is 0 Å². The number of aromatic nitrogens is 2. The summed E-state index contributed by atoms with van der Waals surface area (Å²) in [6.45, 7) is -0.204. The number of imidazole rings is 1. The van der Waals surface area contributed by atoms with Gasteiger partial charge in [0.1, 0.15) is 5.75 Å². The normalized spacial score (nSPS) is 10.8. The second kappa shape index (κ2) is 7.10. The maximum Gasteiger partial charge on any atom is 0.277 e. The highest BCUT2D eigenvalue weighted by atomic mass is 35.5. The van der Waals surface area contributed by atoms with Crippen LogP contribution in [0.2, 0.25) is 10.0 Å². The van der Waals surface area contributed by atoms with Crippen LogP contribution in [0.4, 0.5) is 0 Å². The zero-order chi connectivity index (χ0) is 15.2. The molecule has 8 heteroatoms. The lowest BCUT2D eigenvalue weighted by Gasteiger charge is -2.06. The number of ether oxygens (including phenoxy) is 1. The Bertz CT molecular complexity index is 670. The molecule has 2 rings (SSSR count). The molecule has 1 aromatic heterocycles. The van der Waals surface area contributed by atoms with Gasteiger partial charge in [0.15, 0.2) is 6.61 Å². The van der Waals surface area contributed by atoms with Crippen molar-refractivity contribution < 1.29 is 9.53 Å². The number of rotatable bonds is 5. The molecular formula is C13H12Cl2N4O2. The van der Waals surface area contributed by atoms with Gasteiger partial charge in [-0.2, -0.15) is 5.10 Å². The summed E-state index contributed by atoms with van der Waals surface area (Å²) >= 11 is 11.7. The molecule has 1 N–H and O–H groups in total. The molecule has 0 saturated heterocycles. The molecule has 1 amide bonds. The number of benzene rings is 1. The van der Waals surface area contributed by atoms with Crippen LogP contribution in [0.1, 0.15) is 5.69 Å². The van der Waals surface area contributed by atoms with Gasteiger partial charge >= 0.3 is 0 Å². The summed E-state index contributed by atoms with van der Waals surface area (Å²) in [4.78, 5) is 15.5. The summed E-state index contributed by atoms with van der Waals surface area (Å²) in [5, 5.41) is 4.64. The minimum absolute atomic E-state index is 0.204. The Morgan fingerprint density at radius 2 is 2.33 bits per heavy atom. The number of amides is 1. The maximum absolute atomic E-state index is 11.6. The first-order valence-electron chi connectivity index (χ1n) is 5.92. The molecule has 0 radical (unpaired) electrons. The number of nitrogens with one attached hydrogen (secondary N) is 1. The molecule has 6 nitrogen and oxygen atoms in total. The van der Waals surface area contributed by atoms with E-state index < -0.39 is 5.91 Å². The minimum Gasteiger partial charge on any atom is -0.482 e. The average molecular weight is 327 g/mol. The Morgan fingerprint density at radius 1 is 1.52 bits per heavy atom. The molecule has 0 bridgehead atoms. The molecular weight excluding hydrogens is 315 g/mol. The molecule has 1 aromatic carbocycles. The smallest absolute Gasteiger partial charge is 0.277 e. The van der Waals surface area contributed by atoms with Crippen molar-refractivity contribution in [3.8, 4) is 5.75 Å². The van der Waals surface area contributed by atoms with Crippen molar-refractivity contribution in [1.82, 2.24) is 15.0 Å². The third kappa shape index (κ3) is 4.47. The van der Waals surface area contributed by atoms with Crippen LogP contribution >= 0.6 is 23.2 Å². The van der Waals surface area contributed by atoms with Crippen molar-refractivity contribution in [3.05, 3.63) is 46.5 Å². The lowest BCUT2D eigenvalue weighted by Crippen LogP contribution is -2.24. The number of hydrazone groups is 1. The van der Waals surface area contributed by atoms with E-state index in [1.165, 1.54) is 12.3 Å². The Hall–Kier alpha value is -2.05. The molecule has 0 fully saturated rings. The summed E-state index contributed by atoms with van der Waals surface area (Å²) in [5.74, 6) is -0.0220. The molecule has 0 aliphatic heterocycles. The van der Waals surface area contributed by atoms with E-state index in [1.807, 2.05) is 7.05 Å². The average Bonchev–Trinajstić information content (AvgIpc) is 2.83. The third-order valence-corrected chi connectivity index (χ3v) is 3.02. The van der Waals surface area contributed by atoms with Gasteiger partial charge in [-0.25, -0.2) is 10.4 Å². The largest absolute Gasteiger partial charge is 0.482 e. The third-order valence-electron chi connectivity index (χ3n) is 2.49. The van der Waals surface area contributed by atoms with Crippen molar-refractivity contribution in [2.24, 2.45) is 12.1 Å². The fraction of sp³-hybridized carbons (Fsp3) is 0.154. The number of hydrogen-bond acceptors (Lipinski definition) is 4. The Balaban J connectivity index is 1.82. The number of hydrogen-bond donors (Lipinski definition) is 1. The predicted molar refractivity (Wildman–Crippen MR) is 80.9 cm³/mol. The first-order valence-corrected chi connectivity index (χ1v) is 6.68. The monoisotopic (exact) mass is 326 g/mol. The Morgan fingerprint density at radius 3 is 3.00 bits per heavy atom. The molecule has 110 valence electrons. The topological polar surface area (TPSA) is 68.5 Å². The lowest BCUT2D eigenvalue weighted by molar-refractivity contribution is -0.123. The Labute approximate surface area is 131 Å². The van der Waals surface area contributed by atoms with Gasteiger partial charge in [0, 0.05) is 12.1 Å². The Kier molecular flexibility index (Phi) is 5.19. The predicted octanol–water partition coefficient (Wildman–Crippen LogP) is 2.26. The highest BCUT2D eigenvalue weighted by molar-refractivity contribution is 6.35. The van der Waals surface area contributed by atoms with Crippen molar-refractivity contribution in [2.45, 2.75) is 0 Å². The summed E-state index contributed by atoms with van der Waals surface area (Å²) in [6, 6.07) is 4.76. The van der Waals surface area contributed by atoms with E-state index in [0.717, 1.165) is 5.69 Å². The SMILES string of the molecule is Cn1cncc1C=NNC(=O)COc1ccc(Cl)cc1Cl. The summed E-state index contributed by atoms with van der Waals surface area (Å²) in [7, 11) is 1.82. The van der Waals surface area contributed by atoms with Gasteiger partial charge < -0.3 is 9.30 Å². The second-order valence-electron chi connectivity index (χ2n) is 4.09. The summed E-state index contributed by atoms with van der Waals surface area (Å²) < 4.78 is 7.03. The summed E-state index contributed by atoms with van der Waals surface area (Å²) in [5.41, 5.74) is 3.11. The van der Waals surface area contributed by atoms with Crippen LogP contribution in [0.3, 0.4) is 0 Å². The van der Waals surface area contributed by atoms with Crippen molar-refractivity contribution >= 4 is 35.3 Å². The maximum atomic E-state index is 11.6. The van der Waals surface area contributed by atoms with E-state index in [0.29, 0.717) is 15.8 Å². The van der Waals surface area contributed by atoms with E-state index in [1.54, 1.807) is 29.2 Å². The summed E-state index contributed by atoms with van der Waals surface area (Å²) in [6.07, 6.45) is 4.74. The number of aryl methyl sites for hydroxylation is 1. The van der Waals surface area contributed by atoms with E-state index >= 15 is 0 Å². The molecule has 1 heterocycles. The zero-order valence-electron chi connectivity index (χ0n) is 11.1. The molecule has 0 spiro atoms. The van der Waals surface area contributed by atoms with Crippen molar-refractivity contribution in [2.75, 3.05) is 6.61 Å². The number of carbonyl (C=O) groups is 1. The number of carbonyl (C=O) groups excluding carboxylic acids is 1. The fourth-order valence-electron chi connectivity index (χ4n) is 1.43. The van der Waals surface area contributed by atoms with Gasteiger partial charge in [0.05, 0.1) is 29.5 Å². The number of halogens is 2. The molecule has 0 aliphatic carbocycles. The van der Waals surface area contributed by atoms with Crippen LogP contribution in [-0.4, -0.2) is 28.3 Å².